The normalized spacial score (nSPS) is 10.5. The van der Waals surface area contributed by atoms with Crippen LogP contribution in [0.5, 0.6) is 0 Å². The second-order valence-corrected chi connectivity index (χ2v) is 3.88. The number of hydrazine groups is 1. The van der Waals surface area contributed by atoms with E-state index in [1.54, 1.807) is 0 Å². The third-order valence-electron chi connectivity index (χ3n) is 2.50. The maximum absolute atomic E-state index is 11.0. The number of nitrogens with one attached hydrogen (secondary N) is 1. The van der Waals surface area contributed by atoms with Crippen LogP contribution in [0.1, 0.15) is 12.0 Å². The molecule has 5 heteroatoms. The van der Waals surface area contributed by atoms with Crippen LogP contribution < -0.4 is 11.4 Å². The molecular formula is C12H19N3O2. The lowest BCUT2D eigenvalue weighted by atomic mass is 10.1. The Bertz CT molecular complexity index is 330. The van der Waals surface area contributed by atoms with Crippen LogP contribution in [0, 0.1) is 0 Å². The van der Waals surface area contributed by atoms with Crippen molar-refractivity contribution >= 4 is 5.97 Å². The van der Waals surface area contributed by atoms with Crippen molar-refractivity contribution < 1.29 is 9.63 Å². The molecule has 0 fully saturated rings. The number of rotatable bonds is 7. The van der Waals surface area contributed by atoms with Crippen LogP contribution in [0.25, 0.3) is 0 Å². The first kappa shape index (κ1) is 13.6. The molecule has 0 unspecified atom stereocenters. The molecule has 0 saturated carbocycles. The highest BCUT2D eigenvalue weighted by Crippen LogP contribution is 2.01. The minimum Gasteiger partial charge on any atom is -0.356 e. The van der Waals surface area contributed by atoms with Crippen molar-refractivity contribution in [1.82, 2.24) is 10.5 Å². The van der Waals surface area contributed by atoms with E-state index in [1.165, 1.54) is 5.56 Å². The minimum atomic E-state index is -0.348. The zero-order chi connectivity index (χ0) is 12.5. The van der Waals surface area contributed by atoms with Gasteiger partial charge in [0.15, 0.2) is 0 Å². The summed E-state index contributed by atoms with van der Waals surface area (Å²) in [6.07, 6.45) is 1.30. The molecule has 0 atom stereocenters. The first-order chi connectivity index (χ1) is 8.22. The van der Waals surface area contributed by atoms with E-state index in [1.807, 2.05) is 30.8 Å². The van der Waals surface area contributed by atoms with Gasteiger partial charge in [-0.15, -0.1) is 0 Å². The molecule has 0 spiro atoms. The molecular weight excluding hydrogens is 218 g/mol. The second kappa shape index (κ2) is 7.78. The Morgan fingerprint density at radius 1 is 1.35 bits per heavy atom. The molecule has 0 radical (unpaired) electrons. The van der Waals surface area contributed by atoms with Crippen molar-refractivity contribution in [2.24, 2.45) is 5.84 Å². The van der Waals surface area contributed by atoms with Gasteiger partial charge < -0.3 is 9.74 Å². The average molecular weight is 237 g/mol. The van der Waals surface area contributed by atoms with Crippen LogP contribution in [0.2, 0.25) is 0 Å². The average Bonchev–Trinajstić information content (AvgIpc) is 2.35. The highest BCUT2D eigenvalue weighted by molar-refractivity contribution is 5.69. The summed E-state index contributed by atoms with van der Waals surface area (Å²) in [6, 6.07) is 10.3. The monoisotopic (exact) mass is 237 g/mol. The van der Waals surface area contributed by atoms with Crippen LogP contribution in [0.15, 0.2) is 30.3 Å². The number of nitrogens with zero attached hydrogens (tertiary/aromatic N) is 1. The maximum Gasteiger partial charge on any atom is 0.327 e. The zero-order valence-corrected chi connectivity index (χ0v) is 10.1. The van der Waals surface area contributed by atoms with Crippen molar-refractivity contribution in [2.75, 3.05) is 20.1 Å². The zero-order valence-electron chi connectivity index (χ0n) is 10.1. The summed E-state index contributed by atoms with van der Waals surface area (Å²) >= 11 is 0. The molecule has 5 nitrogen and oxygen atoms in total. The highest BCUT2D eigenvalue weighted by atomic mass is 16.7. The Kier molecular flexibility index (Phi) is 6.24. The molecule has 0 aliphatic rings. The molecule has 0 saturated heterocycles. The summed E-state index contributed by atoms with van der Waals surface area (Å²) in [5, 5.41) is 0. The topological polar surface area (TPSA) is 67.6 Å². The first-order valence-electron chi connectivity index (χ1n) is 5.60. The summed E-state index contributed by atoms with van der Waals surface area (Å²) in [5.41, 5.74) is 3.18. The minimum absolute atomic E-state index is 0.329. The fourth-order valence-corrected chi connectivity index (χ4v) is 1.48. The molecule has 3 N–H and O–H groups in total. The van der Waals surface area contributed by atoms with E-state index in [9.17, 15) is 4.79 Å². The van der Waals surface area contributed by atoms with E-state index in [0.717, 1.165) is 13.0 Å². The van der Waals surface area contributed by atoms with E-state index < -0.39 is 0 Å². The molecule has 1 aromatic carbocycles. The van der Waals surface area contributed by atoms with E-state index >= 15 is 0 Å². The van der Waals surface area contributed by atoms with Gasteiger partial charge in [-0.1, -0.05) is 35.9 Å². The molecule has 0 bridgehead atoms. The van der Waals surface area contributed by atoms with Crippen LogP contribution in [0.4, 0.5) is 0 Å². The van der Waals surface area contributed by atoms with Gasteiger partial charge in [-0.3, -0.25) is 4.79 Å². The van der Waals surface area contributed by atoms with Gasteiger partial charge in [0.05, 0.1) is 6.42 Å². The Balaban J connectivity index is 2.17. The molecule has 0 aromatic heterocycles. The SMILES string of the molecule is CN(CCC(=O)ONN)CCc1ccccc1. The molecule has 1 rings (SSSR count). The lowest BCUT2D eigenvalue weighted by Crippen LogP contribution is -2.29. The van der Waals surface area contributed by atoms with Gasteiger partial charge in [0.1, 0.15) is 0 Å². The largest absolute Gasteiger partial charge is 0.356 e. The van der Waals surface area contributed by atoms with Gasteiger partial charge in [-0.05, 0) is 19.0 Å². The molecule has 0 heterocycles. The van der Waals surface area contributed by atoms with Crippen molar-refractivity contribution in [1.29, 1.82) is 0 Å². The Morgan fingerprint density at radius 3 is 2.71 bits per heavy atom. The van der Waals surface area contributed by atoms with Gasteiger partial charge in [-0.2, -0.15) is 0 Å². The van der Waals surface area contributed by atoms with Crippen LogP contribution in [0.3, 0.4) is 0 Å². The summed E-state index contributed by atoms with van der Waals surface area (Å²) < 4.78 is 0. The van der Waals surface area contributed by atoms with Gasteiger partial charge in [0, 0.05) is 13.1 Å². The van der Waals surface area contributed by atoms with Gasteiger partial charge in [-0.25, -0.2) is 5.84 Å². The highest BCUT2D eigenvalue weighted by Gasteiger charge is 2.05. The number of hydrogen-bond donors (Lipinski definition) is 2. The summed E-state index contributed by atoms with van der Waals surface area (Å²) in [6.45, 7) is 1.57. The van der Waals surface area contributed by atoms with Gasteiger partial charge in [0.2, 0.25) is 0 Å². The molecule has 17 heavy (non-hydrogen) atoms. The predicted octanol–water partition coefficient (Wildman–Crippen LogP) is 0.473. The van der Waals surface area contributed by atoms with E-state index in [2.05, 4.69) is 21.9 Å². The number of nitrogens with two attached hydrogens (primary N) is 1. The smallest absolute Gasteiger partial charge is 0.327 e. The number of carbonyl (C=O) groups excluding carboxylic acids is 1. The number of hydrogen-bond acceptors (Lipinski definition) is 5. The predicted molar refractivity (Wildman–Crippen MR) is 65.7 cm³/mol. The van der Waals surface area contributed by atoms with E-state index in [-0.39, 0.29) is 5.97 Å². The third kappa shape index (κ3) is 6.01. The molecule has 0 aliphatic heterocycles. The lowest BCUT2D eigenvalue weighted by molar-refractivity contribution is -0.151. The third-order valence-corrected chi connectivity index (χ3v) is 2.50. The first-order valence-corrected chi connectivity index (χ1v) is 5.60. The van der Waals surface area contributed by atoms with Crippen LogP contribution >= 0.6 is 0 Å². The number of benzene rings is 1. The summed E-state index contributed by atoms with van der Waals surface area (Å²) in [5.74, 6) is 4.52. The van der Waals surface area contributed by atoms with Crippen molar-refractivity contribution in [2.45, 2.75) is 12.8 Å². The lowest BCUT2D eigenvalue weighted by Gasteiger charge is -2.15. The van der Waals surface area contributed by atoms with Crippen LogP contribution in [-0.2, 0) is 16.1 Å². The van der Waals surface area contributed by atoms with E-state index in [4.69, 9.17) is 5.84 Å². The van der Waals surface area contributed by atoms with Gasteiger partial charge in [0.25, 0.3) is 0 Å². The van der Waals surface area contributed by atoms with Gasteiger partial charge >= 0.3 is 5.97 Å². The Morgan fingerprint density at radius 2 is 2.06 bits per heavy atom. The fraction of sp³-hybridized carbons (Fsp3) is 0.417. The van der Waals surface area contributed by atoms with Crippen molar-refractivity contribution in [3.8, 4) is 0 Å². The number of carbonyl (C=O) groups is 1. The summed E-state index contributed by atoms with van der Waals surface area (Å²) in [7, 11) is 1.98. The quantitative estimate of drug-likeness (QED) is 0.533. The molecule has 0 amide bonds. The maximum atomic E-state index is 11.0. The fourth-order valence-electron chi connectivity index (χ4n) is 1.48. The molecule has 1 aromatic rings. The second-order valence-electron chi connectivity index (χ2n) is 3.88. The molecule has 94 valence electrons. The standard InChI is InChI=1S/C12H19N3O2/c1-15(10-8-12(16)17-14-13)9-7-11-5-3-2-4-6-11/h2-6,14H,7-10,13H2,1H3. The molecule has 0 aliphatic carbocycles. The van der Waals surface area contributed by atoms with Crippen LogP contribution in [-0.4, -0.2) is 31.0 Å². The van der Waals surface area contributed by atoms with Crippen molar-refractivity contribution in [3.63, 3.8) is 0 Å². The number of likely N-dealkylation sites (N-methyl/N-ethyl adjacent to an activating group) is 1. The van der Waals surface area contributed by atoms with Crippen molar-refractivity contribution in [3.05, 3.63) is 35.9 Å². The summed E-state index contributed by atoms with van der Waals surface area (Å²) in [4.78, 5) is 17.5. The Labute approximate surface area is 101 Å². The van der Waals surface area contributed by atoms with E-state index in [0.29, 0.717) is 13.0 Å². The Hall–Kier alpha value is -1.43.